The number of carbonyl (C=O) groups is 1. The van der Waals surface area contributed by atoms with E-state index >= 15 is 0 Å². The Bertz CT molecular complexity index is 570. The molecule has 1 aromatic heterocycles. The minimum absolute atomic E-state index is 0.100. The molecule has 2 aromatic rings. The summed E-state index contributed by atoms with van der Waals surface area (Å²) < 4.78 is 1.73. The monoisotopic (exact) mass is 258 g/mol. The topological polar surface area (TPSA) is 55.1 Å². The zero-order valence-corrected chi connectivity index (χ0v) is 11.3. The zero-order valence-electron chi connectivity index (χ0n) is 11.3. The molecule has 1 aromatic carbocycles. The van der Waals surface area contributed by atoms with Gasteiger partial charge in [0.25, 0.3) is 0 Å². The molecular weight excluding hydrogens is 240 g/mol. The van der Waals surface area contributed by atoms with E-state index in [-0.39, 0.29) is 5.69 Å². The minimum Gasteiger partial charge on any atom is -0.476 e. The molecule has 0 unspecified atom stereocenters. The smallest absolute Gasteiger partial charge is 0.356 e. The first kappa shape index (κ1) is 13.3. The van der Waals surface area contributed by atoms with Gasteiger partial charge in [-0.05, 0) is 36.6 Å². The fourth-order valence-electron chi connectivity index (χ4n) is 2.05. The molecule has 0 fully saturated rings. The molecule has 19 heavy (non-hydrogen) atoms. The van der Waals surface area contributed by atoms with Crippen LogP contribution in [0.15, 0.2) is 30.3 Å². The van der Waals surface area contributed by atoms with Gasteiger partial charge in [0.2, 0.25) is 0 Å². The fraction of sp³-hybridized carbons (Fsp3) is 0.333. The highest BCUT2D eigenvalue weighted by Gasteiger charge is 2.13. The molecule has 0 saturated heterocycles. The summed E-state index contributed by atoms with van der Waals surface area (Å²) in [6, 6.07) is 9.72. The highest BCUT2D eigenvalue weighted by atomic mass is 16.4. The van der Waals surface area contributed by atoms with E-state index in [1.807, 2.05) is 24.3 Å². The van der Waals surface area contributed by atoms with Crippen molar-refractivity contribution in [2.75, 3.05) is 0 Å². The summed E-state index contributed by atoms with van der Waals surface area (Å²) >= 11 is 0. The fourth-order valence-corrected chi connectivity index (χ4v) is 2.05. The van der Waals surface area contributed by atoms with Crippen LogP contribution in [0.1, 0.15) is 42.0 Å². The van der Waals surface area contributed by atoms with Crippen molar-refractivity contribution in [2.24, 2.45) is 0 Å². The lowest BCUT2D eigenvalue weighted by molar-refractivity contribution is 0.0690. The lowest BCUT2D eigenvalue weighted by Gasteiger charge is -2.07. The van der Waals surface area contributed by atoms with Crippen molar-refractivity contribution in [3.63, 3.8) is 0 Å². The van der Waals surface area contributed by atoms with Gasteiger partial charge >= 0.3 is 5.97 Å². The Morgan fingerprint density at radius 2 is 1.95 bits per heavy atom. The van der Waals surface area contributed by atoms with Crippen molar-refractivity contribution < 1.29 is 9.90 Å². The summed E-state index contributed by atoms with van der Waals surface area (Å²) in [7, 11) is 0. The Morgan fingerprint density at radius 3 is 2.47 bits per heavy atom. The molecular formula is C15H18N2O2. The number of aromatic nitrogens is 2. The average molecular weight is 258 g/mol. The summed E-state index contributed by atoms with van der Waals surface area (Å²) in [5, 5.41) is 13.2. The molecule has 1 N–H and O–H groups in total. The molecule has 0 radical (unpaired) electrons. The van der Waals surface area contributed by atoms with E-state index in [2.05, 4.69) is 18.9 Å². The Balaban J connectivity index is 2.43. The highest BCUT2D eigenvalue weighted by Crippen LogP contribution is 2.15. The number of nitrogens with zero attached hydrogens (tertiary/aromatic N) is 2. The van der Waals surface area contributed by atoms with Crippen LogP contribution in [0.25, 0.3) is 5.69 Å². The number of carboxylic acids is 1. The number of aromatic carboxylic acids is 1. The first-order chi connectivity index (χ1) is 9.15. The predicted octanol–water partition coefficient (Wildman–Crippen LogP) is 3.09. The van der Waals surface area contributed by atoms with Crippen LogP contribution in [0.3, 0.4) is 0 Å². The van der Waals surface area contributed by atoms with Crippen LogP contribution >= 0.6 is 0 Å². The third-order valence-corrected chi connectivity index (χ3v) is 3.10. The zero-order chi connectivity index (χ0) is 13.8. The van der Waals surface area contributed by atoms with Gasteiger partial charge in [-0.25, -0.2) is 9.48 Å². The van der Waals surface area contributed by atoms with Gasteiger partial charge in [-0.2, -0.15) is 5.10 Å². The van der Waals surface area contributed by atoms with Crippen molar-refractivity contribution in [2.45, 2.75) is 33.1 Å². The van der Waals surface area contributed by atoms with Crippen molar-refractivity contribution in [3.8, 4) is 5.69 Å². The van der Waals surface area contributed by atoms with Gasteiger partial charge in [-0.3, -0.25) is 0 Å². The van der Waals surface area contributed by atoms with Crippen LogP contribution in [0.2, 0.25) is 0 Å². The third-order valence-electron chi connectivity index (χ3n) is 3.10. The quantitative estimate of drug-likeness (QED) is 0.896. The van der Waals surface area contributed by atoms with Gasteiger partial charge in [0.1, 0.15) is 0 Å². The highest BCUT2D eigenvalue weighted by molar-refractivity contribution is 5.85. The van der Waals surface area contributed by atoms with Crippen LogP contribution in [0, 0.1) is 0 Å². The molecule has 1 heterocycles. The lowest BCUT2D eigenvalue weighted by atomic mass is 10.1. The Morgan fingerprint density at radius 1 is 1.26 bits per heavy atom. The number of carboxylic acid groups (broad SMARTS) is 1. The molecule has 0 spiro atoms. The molecule has 0 bridgehead atoms. The third kappa shape index (κ3) is 2.84. The molecule has 4 nitrogen and oxygen atoms in total. The summed E-state index contributed by atoms with van der Waals surface area (Å²) in [6.45, 7) is 4.17. The van der Waals surface area contributed by atoms with E-state index in [1.54, 1.807) is 10.7 Å². The van der Waals surface area contributed by atoms with Crippen LogP contribution in [-0.2, 0) is 12.8 Å². The maximum Gasteiger partial charge on any atom is 0.356 e. The first-order valence-electron chi connectivity index (χ1n) is 6.57. The number of rotatable bonds is 5. The first-order valence-corrected chi connectivity index (χ1v) is 6.57. The average Bonchev–Trinajstić information content (AvgIpc) is 2.84. The van der Waals surface area contributed by atoms with Gasteiger partial charge < -0.3 is 5.11 Å². The van der Waals surface area contributed by atoms with E-state index in [4.69, 9.17) is 5.11 Å². The van der Waals surface area contributed by atoms with E-state index < -0.39 is 5.97 Å². The van der Waals surface area contributed by atoms with Gasteiger partial charge in [-0.15, -0.1) is 0 Å². The van der Waals surface area contributed by atoms with Crippen LogP contribution in [-0.4, -0.2) is 20.9 Å². The molecule has 2 rings (SSSR count). The predicted molar refractivity (Wildman–Crippen MR) is 73.9 cm³/mol. The second kappa shape index (κ2) is 5.69. The summed E-state index contributed by atoms with van der Waals surface area (Å²) in [6.07, 6.45) is 2.76. The Hall–Kier alpha value is -2.10. The second-order valence-electron chi connectivity index (χ2n) is 4.51. The SMILES string of the molecule is CCCc1cc(C(=O)O)nn1-c1ccc(CC)cc1. The molecule has 0 amide bonds. The van der Waals surface area contributed by atoms with Crippen molar-refractivity contribution in [1.82, 2.24) is 9.78 Å². The molecule has 0 atom stereocenters. The Labute approximate surface area is 112 Å². The van der Waals surface area contributed by atoms with E-state index in [1.165, 1.54) is 5.56 Å². The molecule has 0 aliphatic carbocycles. The standard InChI is InChI=1S/C15H18N2O2/c1-3-5-13-10-14(15(18)19)16-17(13)12-8-6-11(4-2)7-9-12/h6-10H,3-5H2,1-2H3,(H,18,19). The van der Waals surface area contributed by atoms with E-state index in [9.17, 15) is 4.79 Å². The molecule has 0 aliphatic rings. The number of hydrogen-bond donors (Lipinski definition) is 1. The molecule has 4 heteroatoms. The van der Waals surface area contributed by atoms with E-state index in [0.29, 0.717) is 0 Å². The van der Waals surface area contributed by atoms with Gasteiger partial charge in [0, 0.05) is 5.69 Å². The van der Waals surface area contributed by atoms with E-state index in [0.717, 1.165) is 30.6 Å². The number of aryl methyl sites for hydroxylation is 2. The number of hydrogen-bond acceptors (Lipinski definition) is 2. The summed E-state index contributed by atoms with van der Waals surface area (Å²) in [5.74, 6) is -0.985. The Kier molecular flexibility index (Phi) is 4.00. The van der Waals surface area contributed by atoms with Crippen LogP contribution in [0.5, 0.6) is 0 Å². The number of benzene rings is 1. The summed E-state index contributed by atoms with van der Waals surface area (Å²) in [5.41, 5.74) is 3.20. The molecule has 100 valence electrons. The van der Waals surface area contributed by atoms with Crippen molar-refractivity contribution >= 4 is 5.97 Å². The van der Waals surface area contributed by atoms with Crippen LogP contribution in [0.4, 0.5) is 0 Å². The van der Waals surface area contributed by atoms with Crippen molar-refractivity contribution in [1.29, 1.82) is 0 Å². The van der Waals surface area contributed by atoms with Gasteiger partial charge in [-0.1, -0.05) is 32.4 Å². The largest absolute Gasteiger partial charge is 0.476 e. The van der Waals surface area contributed by atoms with Crippen molar-refractivity contribution in [3.05, 3.63) is 47.3 Å². The summed E-state index contributed by atoms with van der Waals surface area (Å²) in [4.78, 5) is 11.0. The van der Waals surface area contributed by atoms with Gasteiger partial charge in [0.15, 0.2) is 5.69 Å². The second-order valence-corrected chi connectivity index (χ2v) is 4.51. The molecule has 0 saturated carbocycles. The molecule has 0 aliphatic heterocycles. The lowest BCUT2D eigenvalue weighted by Crippen LogP contribution is -2.04. The normalized spacial score (nSPS) is 10.6. The minimum atomic E-state index is -0.985. The van der Waals surface area contributed by atoms with Crippen LogP contribution < -0.4 is 0 Å². The maximum absolute atomic E-state index is 11.0. The maximum atomic E-state index is 11.0. The van der Waals surface area contributed by atoms with Gasteiger partial charge in [0.05, 0.1) is 5.69 Å².